The molecule has 1 amide bonds. The molecule has 0 unspecified atom stereocenters. The van der Waals surface area contributed by atoms with Crippen molar-refractivity contribution in [3.05, 3.63) is 142 Å². The highest BCUT2D eigenvalue weighted by molar-refractivity contribution is 7.10. The van der Waals surface area contributed by atoms with Crippen molar-refractivity contribution in [1.82, 2.24) is 4.37 Å². The number of azo groups is 1. The quantitative estimate of drug-likeness (QED) is 0.144. The Morgan fingerprint density at radius 1 is 0.906 bits per heavy atom. The van der Waals surface area contributed by atoms with Crippen LogP contribution in [0.1, 0.15) is 72.9 Å². The van der Waals surface area contributed by atoms with Gasteiger partial charge in [-0.3, -0.25) is 9.59 Å². The number of hydrogen-bond donors (Lipinski definition) is 1. The van der Waals surface area contributed by atoms with Crippen molar-refractivity contribution < 1.29 is 9.59 Å². The van der Waals surface area contributed by atoms with Gasteiger partial charge in [-0.25, -0.2) is 4.99 Å². The van der Waals surface area contributed by atoms with Gasteiger partial charge in [-0.2, -0.15) is 9.64 Å². The van der Waals surface area contributed by atoms with E-state index in [-0.39, 0.29) is 17.6 Å². The number of allylic oxidation sites excluding steroid dienone is 2. The minimum absolute atomic E-state index is 0.0888. The van der Waals surface area contributed by atoms with Gasteiger partial charge in [0.05, 0.1) is 22.8 Å². The highest BCUT2D eigenvalue weighted by Crippen LogP contribution is 2.34. The van der Waals surface area contributed by atoms with Crippen molar-refractivity contribution in [2.45, 2.75) is 54.5 Å². The number of rotatable bonds is 10. The van der Waals surface area contributed by atoms with Gasteiger partial charge in [-0.15, -0.1) is 10.2 Å². The summed E-state index contributed by atoms with van der Waals surface area (Å²) in [5.41, 5.74) is 9.78. The largest absolute Gasteiger partial charge is 0.367 e. The molecule has 6 rings (SSSR count). The van der Waals surface area contributed by atoms with E-state index >= 15 is 0 Å². The summed E-state index contributed by atoms with van der Waals surface area (Å²) in [4.78, 5) is 31.5. The highest BCUT2D eigenvalue weighted by Gasteiger charge is 2.21. The Labute approximate surface area is 315 Å². The van der Waals surface area contributed by atoms with Gasteiger partial charge in [-0.1, -0.05) is 87.5 Å². The minimum atomic E-state index is -0.177. The van der Waals surface area contributed by atoms with Crippen LogP contribution in [0.2, 0.25) is 0 Å². The number of ketones is 1. The number of nitrogens with one attached hydrogen (secondary N) is 1. The number of Topliss-reactive ketones (excluding diaryl/α,β-unsaturated/α-hetero) is 1. The number of carbonyl (C=O) groups excluding carboxylic acids is 2. The number of nitriles is 1. The van der Waals surface area contributed by atoms with Crippen LogP contribution in [-0.2, 0) is 17.8 Å². The van der Waals surface area contributed by atoms with Crippen molar-refractivity contribution in [3.8, 4) is 6.07 Å². The number of fused-ring (bicyclic) bond motifs is 1. The predicted octanol–water partition coefficient (Wildman–Crippen LogP) is 10.9. The molecular weight excluding hydrogens is 679 g/mol. The van der Waals surface area contributed by atoms with Gasteiger partial charge in [0.15, 0.2) is 10.8 Å². The molecule has 0 atom stereocenters. The van der Waals surface area contributed by atoms with Crippen LogP contribution in [0, 0.1) is 24.2 Å². The van der Waals surface area contributed by atoms with Crippen LogP contribution < -0.4 is 10.2 Å². The molecule has 9 nitrogen and oxygen atoms in total. The fraction of sp³-hybridized carbons (Fsp3) is 0.233. The second kappa shape index (κ2) is 17.9. The molecule has 1 aliphatic carbocycles. The number of benzene rings is 4. The molecule has 5 aromatic rings. The smallest absolute Gasteiger partial charge is 0.226 e. The Morgan fingerprint density at radius 2 is 1.60 bits per heavy atom. The van der Waals surface area contributed by atoms with Crippen LogP contribution in [0.5, 0.6) is 0 Å². The third kappa shape index (κ3) is 9.64. The van der Waals surface area contributed by atoms with E-state index in [1.807, 2.05) is 99.6 Å². The molecule has 0 fully saturated rings. The number of aliphatic imine (C=N–C) groups is 1. The highest BCUT2D eigenvalue weighted by atomic mass is 32.1. The molecule has 0 spiro atoms. The van der Waals surface area contributed by atoms with Crippen LogP contribution in [-0.4, -0.2) is 28.3 Å². The minimum Gasteiger partial charge on any atom is -0.367 e. The second-order valence-electron chi connectivity index (χ2n) is 12.8. The lowest BCUT2D eigenvalue weighted by molar-refractivity contribution is -0.118. The third-order valence-corrected chi connectivity index (χ3v) is 9.51. The van der Waals surface area contributed by atoms with E-state index in [4.69, 9.17) is 4.99 Å². The SMILES string of the molecule is CCN(Cc1ccccc1)c1ccc(N=Nc2snc(C)c2C#N)c(NC(=O)C(C)C)c1.CCc1ccc(N=C2C=C(C)C(=O)c3ccccc32)cc1. The van der Waals surface area contributed by atoms with Crippen LogP contribution in [0.15, 0.2) is 124 Å². The fourth-order valence-electron chi connectivity index (χ4n) is 5.53. The molecule has 1 aliphatic rings. The molecule has 1 N–H and O–H groups in total. The first-order valence-corrected chi connectivity index (χ1v) is 18.4. The van der Waals surface area contributed by atoms with E-state index in [2.05, 4.69) is 69.0 Å². The maximum atomic E-state index is 12.4. The molecule has 0 saturated heterocycles. The Bertz CT molecular complexity index is 2210. The first kappa shape index (κ1) is 38.2. The molecule has 53 heavy (non-hydrogen) atoms. The lowest BCUT2D eigenvalue weighted by Gasteiger charge is -2.24. The van der Waals surface area contributed by atoms with Crippen molar-refractivity contribution in [2.75, 3.05) is 16.8 Å². The normalized spacial score (nSPS) is 12.9. The number of hydrogen-bond acceptors (Lipinski definition) is 9. The number of anilines is 2. The Hall–Kier alpha value is -6.05. The van der Waals surface area contributed by atoms with Crippen molar-refractivity contribution in [1.29, 1.82) is 5.26 Å². The van der Waals surface area contributed by atoms with Gasteiger partial charge >= 0.3 is 0 Å². The number of nitrogens with zero attached hydrogens (tertiary/aromatic N) is 6. The summed E-state index contributed by atoms with van der Waals surface area (Å²) in [7, 11) is 0. The molecule has 268 valence electrons. The average Bonchev–Trinajstić information content (AvgIpc) is 3.54. The second-order valence-corrected chi connectivity index (χ2v) is 13.6. The number of aromatic nitrogens is 1. The van der Waals surface area contributed by atoms with E-state index in [0.29, 0.717) is 27.6 Å². The lowest BCUT2D eigenvalue weighted by Crippen LogP contribution is -2.22. The first-order valence-electron chi connectivity index (χ1n) is 17.6. The summed E-state index contributed by atoms with van der Waals surface area (Å²) < 4.78 is 4.17. The predicted molar refractivity (Wildman–Crippen MR) is 215 cm³/mol. The molecule has 0 radical (unpaired) electrons. The zero-order valence-corrected chi connectivity index (χ0v) is 31.7. The Balaban J connectivity index is 0.000000222. The molecular formula is C43H43N7O2S. The van der Waals surface area contributed by atoms with E-state index < -0.39 is 0 Å². The zero-order chi connectivity index (χ0) is 37.9. The molecule has 1 heterocycles. The molecule has 10 heteroatoms. The first-order chi connectivity index (χ1) is 25.6. The number of carbonyl (C=O) groups is 2. The molecule has 0 aliphatic heterocycles. The van der Waals surface area contributed by atoms with Gasteiger partial charge in [0, 0.05) is 35.8 Å². The summed E-state index contributed by atoms with van der Waals surface area (Å²) in [6.07, 6.45) is 2.89. The van der Waals surface area contributed by atoms with Gasteiger partial charge in [0.2, 0.25) is 5.91 Å². The van der Waals surface area contributed by atoms with Crippen LogP contribution >= 0.6 is 11.5 Å². The maximum absolute atomic E-state index is 12.4. The van der Waals surface area contributed by atoms with Gasteiger partial charge < -0.3 is 10.2 Å². The maximum Gasteiger partial charge on any atom is 0.226 e. The van der Waals surface area contributed by atoms with E-state index in [1.165, 1.54) is 11.1 Å². The summed E-state index contributed by atoms with van der Waals surface area (Å²) in [6.45, 7) is 13.1. The van der Waals surface area contributed by atoms with Crippen LogP contribution in [0.3, 0.4) is 0 Å². The summed E-state index contributed by atoms with van der Waals surface area (Å²) in [5, 5.41) is 21.3. The number of amides is 1. The van der Waals surface area contributed by atoms with E-state index in [9.17, 15) is 14.9 Å². The molecule has 0 bridgehead atoms. The van der Waals surface area contributed by atoms with Crippen molar-refractivity contribution in [2.24, 2.45) is 21.1 Å². The molecule has 4 aromatic carbocycles. The topological polar surface area (TPSA) is 123 Å². The van der Waals surface area contributed by atoms with Crippen molar-refractivity contribution >= 4 is 56.7 Å². The summed E-state index contributed by atoms with van der Waals surface area (Å²) in [5.74, 6) is -0.189. The summed E-state index contributed by atoms with van der Waals surface area (Å²) in [6, 6.07) is 34.0. The van der Waals surface area contributed by atoms with E-state index in [1.54, 1.807) is 6.92 Å². The van der Waals surface area contributed by atoms with Gasteiger partial charge in [0.1, 0.15) is 17.3 Å². The van der Waals surface area contributed by atoms with Crippen LogP contribution in [0.4, 0.5) is 27.8 Å². The standard InChI is InChI=1S/C24H26N6OS.C19H17NO/c1-5-30(15-18-9-7-6-8-10-18)19-11-12-21(22(13-19)26-23(31)16(2)3)27-28-24-20(14-25)17(4)29-32-24;1-3-14-8-10-15(11-9-14)20-18-12-13(2)19(21)17-7-5-4-6-16(17)18/h6-13,16H,5,15H2,1-4H3,(H,26,31);4-12H,3H2,1-2H3. The fourth-order valence-corrected chi connectivity index (χ4v) is 6.21. The van der Waals surface area contributed by atoms with Crippen LogP contribution in [0.25, 0.3) is 0 Å². The lowest BCUT2D eigenvalue weighted by atomic mass is 9.90. The average molecular weight is 722 g/mol. The molecule has 1 aromatic heterocycles. The van der Waals surface area contributed by atoms with Gasteiger partial charge in [0.25, 0.3) is 0 Å². The Kier molecular flexibility index (Phi) is 12.9. The summed E-state index contributed by atoms with van der Waals surface area (Å²) >= 11 is 1.13. The van der Waals surface area contributed by atoms with Gasteiger partial charge in [-0.05, 0) is 91.8 Å². The van der Waals surface area contributed by atoms with E-state index in [0.717, 1.165) is 64.8 Å². The number of aryl methyl sites for hydroxylation is 2. The molecule has 0 saturated carbocycles. The van der Waals surface area contributed by atoms with Crippen molar-refractivity contribution in [3.63, 3.8) is 0 Å². The third-order valence-electron chi connectivity index (χ3n) is 8.68. The Morgan fingerprint density at radius 3 is 2.26 bits per heavy atom. The zero-order valence-electron chi connectivity index (χ0n) is 30.9. The monoisotopic (exact) mass is 721 g/mol.